The third kappa shape index (κ3) is 4.37. The molecule has 2 nitrogen and oxygen atoms in total. The highest BCUT2D eigenvalue weighted by atomic mass is 35.5. The molecule has 49 valence electrons. The Morgan fingerprint density at radius 2 is 2.38 bits per heavy atom. The van der Waals surface area contributed by atoms with Crippen LogP contribution in [0.2, 0.25) is 0 Å². The number of hydrogen-bond acceptors (Lipinski definition) is 1. The molecule has 0 spiro atoms. The Morgan fingerprint density at radius 3 is 2.75 bits per heavy atom. The lowest BCUT2D eigenvalue weighted by Gasteiger charge is -2.03. The molecule has 0 aromatic carbocycles. The Balaban J connectivity index is 2.86. The molecule has 1 radical (unpaired) electrons. The number of halogens is 1. The highest BCUT2D eigenvalue weighted by molar-refractivity contribution is 6.17. The summed E-state index contributed by atoms with van der Waals surface area (Å²) in [6.07, 6.45) is -0.370. The van der Waals surface area contributed by atoms with Crippen molar-refractivity contribution in [3.8, 4) is 0 Å². The zero-order valence-corrected chi connectivity index (χ0v) is 5.65. The molecule has 0 fully saturated rings. The summed E-state index contributed by atoms with van der Waals surface area (Å²) in [5.41, 5.74) is 0. The SMILES string of the molecule is CCC([O])OCCCl. The minimum atomic E-state index is -0.881. The van der Waals surface area contributed by atoms with E-state index in [9.17, 15) is 5.11 Å². The molecule has 0 aliphatic carbocycles. The number of rotatable bonds is 4. The largest absolute Gasteiger partial charge is 0.348 e. The summed E-state index contributed by atoms with van der Waals surface area (Å²) >= 11 is 5.24. The van der Waals surface area contributed by atoms with Crippen molar-refractivity contribution >= 4 is 11.6 Å². The van der Waals surface area contributed by atoms with Crippen molar-refractivity contribution in [1.82, 2.24) is 0 Å². The average molecular weight is 138 g/mol. The zero-order chi connectivity index (χ0) is 6.41. The lowest BCUT2D eigenvalue weighted by Crippen LogP contribution is -2.09. The molecule has 0 heterocycles. The van der Waals surface area contributed by atoms with E-state index < -0.39 is 6.29 Å². The fourth-order valence-corrected chi connectivity index (χ4v) is 0.383. The van der Waals surface area contributed by atoms with Crippen molar-refractivity contribution < 1.29 is 9.84 Å². The molecule has 0 saturated carbocycles. The summed E-state index contributed by atoms with van der Waals surface area (Å²) in [5, 5.41) is 10.4. The molecule has 0 saturated heterocycles. The topological polar surface area (TPSA) is 29.1 Å². The van der Waals surface area contributed by atoms with E-state index in [0.717, 1.165) is 0 Å². The quantitative estimate of drug-likeness (QED) is 0.426. The summed E-state index contributed by atoms with van der Waals surface area (Å²) in [6, 6.07) is 0. The van der Waals surface area contributed by atoms with Crippen LogP contribution in [0.4, 0.5) is 0 Å². The van der Waals surface area contributed by atoms with E-state index >= 15 is 0 Å². The second kappa shape index (κ2) is 5.35. The first-order valence-electron chi connectivity index (χ1n) is 2.64. The molecule has 8 heavy (non-hydrogen) atoms. The minimum Gasteiger partial charge on any atom is -0.348 e. The van der Waals surface area contributed by atoms with Gasteiger partial charge in [0, 0.05) is 5.88 Å². The predicted octanol–water partition coefficient (Wildman–Crippen LogP) is 1.41. The Bertz CT molecular complexity index is 49.7. The van der Waals surface area contributed by atoms with Crippen molar-refractivity contribution in [3.05, 3.63) is 0 Å². The molecular weight excluding hydrogens is 128 g/mol. The molecule has 0 bridgehead atoms. The second-order valence-corrected chi connectivity index (χ2v) is 1.78. The van der Waals surface area contributed by atoms with Gasteiger partial charge in [-0.3, -0.25) is 0 Å². The highest BCUT2D eigenvalue weighted by Crippen LogP contribution is 1.92. The van der Waals surface area contributed by atoms with Crippen LogP contribution in [0.15, 0.2) is 0 Å². The molecular formula is C5H10ClO2. The summed E-state index contributed by atoms with van der Waals surface area (Å²) in [5.74, 6) is 0.402. The van der Waals surface area contributed by atoms with Crippen molar-refractivity contribution in [2.45, 2.75) is 19.6 Å². The van der Waals surface area contributed by atoms with E-state index in [1.165, 1.54) is 0 Å². The maximum absolute atomic E-state index is 10.4. The standard InChI is InChI=1S/C5H10ClO2/c1-2-5(7)8-4-3-6/h5H,2-4H2,1H3. The van der Waals surface area contributed by atoms with Gasteiger partial charge in [0.2, 0.25) is 0 Å². The van der Waals surface area contributed by atoms with Gasteiger partial charge in [0.25, 0.3) is 0 Å². The van der Waals surface area contributed by atoms with Crippen LogP contribution in [0.5, 0.6) is 0 Å². The highest BCUT2D eigenvalue weighted by Gasteiger charge is 1.98. The normalized spacial score (nSPS) is 13.9. The smallest absolute Gasteiger partial charge is 0.191 e. The Labute approximate surface area is 54.4 Å². The van der Waals surface area contributed by atoms with Gasteiger partial charge in [-0.1, -0.05) is 6.92 Å². The van der Waals surface area contributed by atoms with Gasteiger partial charge < -0.3 is 4.74 Å². The van der Waals surface area contributed by atoms with Gasteiger partial charge in [0.15, 0.2) is 6.29 Å². The lowest BCUT2D eigenvalue weighted by molar-refractivity contribution is -0.136. The first-order chi connectivity index (χ1) is 3.81. The van der Waals surface area contributed by atoms with Crippen LogP contribution in [0.3, 0.4) is 0 Å². The molecule has 0 rings (SSSR count). The molecule has 0 aliphatic rings. The van der Waals surface area contributed by atoms with E-state index in [1.807, 2.05) is 0 Å². The molecule has 1 atom stereocenters. The first kappa shape index (κ1) is 8.21. The van der Waals surface area contributed by atoms with E-state index in [1.54, 1.807) is 6.92 Å². The van der Waals surface area contributed by atoms with Crippen molar-refractivity contribution in [3.63, 3.8) is 0 Å². The number of hydrogen-bond donors (Lipinski definition) is 0. The van der Waals surface area contributed by atoms with Crippen LogP contribution in [-0.2, 0) is 9.84 Å². The van der Waals surface area contributed by atoms with Crippen LogP contribution < -0.4 is 0 Å². The van der Waals surface area contributed by atoms with E-state index in [0.29, 0.717) is 18.9 Å². The van der Waals surface area contributed by atoms with Crippen molar-refractivity contribution in [2.75, 3.05) is 12.5 Å². The van der Waals surface area contributed by atoms with Crippen molar-refractivity contribution in [2.24, 2.45) is 0 Å². The predicted molar refractivity (Wildman–Crippen MR) is 31.4 cm³/mol. The van der Waals surface area contributed by atoms with Gasteiger partial charge in [-0.2, -0.15) is 0 Å². The van der Waals surface area contributed by atoms with E-state index in [-0.39, 0.29) is 0 Å². The molecule has 3 heteroatoms. The number of ether oxygens (including phenoxy) is 1. The maximum Gasteiger partial charge on any atom is 0.191 e. The summed E-state index contributed by atoms with van der Waals surface area (Å²) in [7, 11) is 0. The monoisotopic (exact) mass is 137 g/mol. The van der Waals surface area contributed by atoms with Crippen LogP contribution in [0.1, 0.15) is 13.3 Å². The third-order valence-corrected chi connectivity index (χ3v) is 0.869. The molecule has 0 N–H and O–H groups in total. The fraction of sp³-hybridized carbons (Fsp3) is 1.00. The lowest BCUT2D eigenvalue weighted by atomic mass is 10.5. The van der Waals surface area contributed by atoms with Gasteiger partial charge in [0.05, 0.1) is 6.61 Å². The Kier molecular flexibility index (Phi) is 5.49. The Hall–Kier alpha value is 0.210. The second-order valence-electron chi connectivity index (χ2n) is 1.40. The van der Waals surface area contributed by atoms with Gasteiger partial charge in [-0.15, -0.1) is 11.6 Å². The van der Waals surface area contributed by atoms with E-state index in [2.05, 4.69) is 4.74 Å². The van der Waals surface area contributed by atoms with Crippen molar-refractivity contribution in [1.29, 1.82) is 0 Å². The van der Waals surface area contributed by atoms with Gasteiger partial charge in [0.1, 0.15) is 0 Å². The van der Waals surface area contributed by atoms with Gasteiger partial charge in [-0.05, 0) is 6.42 Å². The van der Waals surface area contributed by atoms with Crippen LogP contribution in [-0.4, -0.2) is 18.8 Å². The van der Waals surface area contributed by atoms with Crippen LogP contribution in [0, 0.1) is 0 Å². The number of alkyl halides is 1. The molecule has 0 aromatic rings. The minimum absolute atomic E-state index is 0.365. The zero-order valence-electron chi connectivity index (χ0n) is 4.89. The fourth-order valence-electron chi connectivity index (χ4n) is 0.294. The summed E-state index contributed by atoms with van der Waals surface area (Å²) < 4.78 is 4.65. The molecule has 0 aromatic heterocycles. The first-order valence-corrected chi connectivity index (χ1v) is 3.18. The summed E-state index contributed by atoms with van der Waals surface area (Å²) in [4.78, 5) is 0. The molecule has 0 amide bonds. The van der Waals surface area contributed by atoms with Crippen LogP contribution in [0.25, 0.3) is 0 Å². The Morgan fingerprint density at radius 1 is 1.75 bits per heavy atom. The summed E-state index contributed by atoms with van der Waals surface area (Å²) in [6.45, 7) is 2.15. The average Bonchev–Trinajstić information content (AvgIpc) is 1.83. The van der Waals surface area contributed by atoms with Gasteiger partial charge in [-0.25, -0.2) is 5.11 Å². The van der Waals surface area contributed by atoms with Gasteiger partial charge >= 0.3 is 0 Å². The maximum atomic E-state index is 10.4. The molecule has 0 aliphatic heterocycles. The van der Waals surface area contributed by atoms with E-state index in [4.69, 9.17) is 11.6 Å². The van der Waals surface area contributed by atoms with Crippen LogP contribution >= 0.6 is 11.6 Å². The molecule has 1 unspecified atom stereocenters. The third-order valence-electron chi connectivity index (χ3n) is 0.714.